The molecule has 0 heterocycles. The molecule has 2 aromatic carbocycles. The van der Waals surface area contributed by atoms with E-state index in [0.717, 1.165) is 16.8 Å². The molecule has 0 fully saturated rings. The maximum Gasteiger partial charge on any atom is 0.390 e. The minimum Gasteiger partial charge on any atom is -0.151 e. The predicted octanol–water partition coefficient (Wildman–Crippen LogP) is 5.20. The van der Waals surface area contributed by atoms with Gasteiger partial charge in [0, 0.05) is 6.07 Å². The van der Waals surface area contributed by atoms with Crippen molar-refractivity contribution < 1.29 is 0 Å². The molecule has 0 aromatic heterocycles. The Morgan fingerprint density at radius 2 is 1.78 bits per heavy atom. The maximum atomic E-state index is 8.82. The Bertz CT molecular complexity index is 638. The van der Waals surface area contributed by atoms with E-state index in [1.807, 2.05) is 44.2 Å². The van der Waals surface area contributed by atoms with Crippen LogP contribution < -0.4 is 0 Å². The molecule has 0 atom stereocenters. The van der Waals surface area contributed by atoms with E-state index in [4.69, 9.17) is 5.39 Å². The number of diazo groups is 1. The van der Waals surface area contributed by atoms with Crippen LogP contribution in [0.4, 0.5) is 17.1 Å². The quantitative estimate of drug-likeness (QED) is 0.523. The lowest BCUT2D eigenvalue weighted by molar-refractivity contribution is 1.20. The zero-order valence-corrected chi connectivity index (χ0v) is 10.3. The Kier molecular flexibility index (Phi) is 3.44. The summed E-state index contributed by atoms with van der Waals surface area (Å²) in [5.74, 6) is 0. The Morgan fingerprint density at radius 1 is 1.00 bits per heavy atom. The highest BCUT2D eigenvalue weighted by Crippen LogP contribution is 2.29. The van der Waals surface area contributed by atoms with Gasteiger partial charge in [-0.3, -0.25) is 0 Å². The molecule has 0 bridgehead atoms. The van der Waals surface area contributed by atoms with Gasteiger partial charge in [-0.25, -0.2) is 0 Å². The fourth-order valence-corrected chi connectivity index (χ4v) is 1.63. The SMILES string of the molecule is Cc1cccc(N=Nc2cccc([N+]#N)c2C)c1. The first-order valence-electron chi connectivity index (χ1n) is 5.64. The van der Waals surface area contributed by atoms with E-state index in [9.17, 15) is 0 Å². The molecule has 2 rings (SSSR count). The van der Waals surface area contributed by atoms with Crippen molar-refractivity contribution in [3.8, 4) is 0 Å². The molecule has 0 spiro atoms. The third kappa shape index (κ3) is 2.58. The van der Waals surface area contributed by atoms with Crippen LogP contribution in [0.5, 0.6) is 0 Å². The van der Waals surface area contributed by atoms with Gasteiger partial charge < -0.3 is 0 Å². The molecule has 0 aliphatic carbocycles. The van der Waals surface area contributed by atoms with Crippen molar-refractivity contribution in [3.63, 3.8) is 0 Å². The molecule has 0 saturated carbocycles. The summed E-state index contributed by atoms with van der Waals surface area (Å²) in [7, 11) is 0. The number of nitrogens with zero attached hydrogens (tertiary/aromatic N) is 4. The first-order chi connectivity index (χ1) is 8.70. The maximum absolute atomic E-state index is 8.82. The average molecular weight is 237 g/mol. The fraction of sp³-hybridized carbons (Fsp3) is 0.143. The van der Waals surface area contributed by atoms with Gasteiger partial charge in [-0.15, -0.1) is 5.11 Å². The number of rotatable bonds is 2. The number of azo groups is 1. The lowest BCUT2D eigenvalue weighted by atomic mass is 10.2. The molecular formula is C14H13N4+. The first-order valence-corrected chi connectivity index (χ1v) is 5.64. The minimum atomic E-state index is 0.510. The summed E-state index contributed by atoms with van der Waals surface area (Å²) < 4.78 is 0. The molecule has 88 valence electrons. The molecule has 2 aromatic rings. The van der Waals surface area contributed by atoms with Gasteiger partial charge in [0.05, 0.1) is 16.9 Å². The number of hydrogen-bond acceptors (Lipinski definition) is 3. The normalized spacial score (nSPS) is 10.5. The molecule has 0 radical (unpaired) electrons. The smallest absolute Gasteiger partial charge is 0.151 e. The molecule has 0 unspecified atom stereocenters. The van der Waals surface area contributed by atoms with E-state index >= 15 is 0 Å². The molecule has 0 amide bonds. The topological polar surface area (TPSA) is 52.9 Å². The molecule has 0 N–H and O–H groups in total. The van der Waals surface area contributed by atoms with Crippen molar-refractivity contribution in [2.75, 3.05) is 0 Å². The monoisotopic (exact) mass is 237 g/mol. The average Bonchev–Trinajstić information content (AvgIpc) is 2.38. The highest BCUT2D eigenvalue weighted by Gasteiger charge is 2.12. The van der Waals surface area contributed by atoms with E-state index < -0.39 is 0 Å². The van der Waals surface area contributed by atoms with E-state index in [-0.39, 0.29) is 0 Å². The highest BCUT2D eigenvalue weighted by molar-refractivity contribution is 5.62. The van der Waals surface area contributed by atoms with Crippen LogP contribution in [0, 0.1) is 19.2 Å². The van der Waals surface area contributed by atoms with Crippen molar-refractivity contribution in [2.24, 2.45) is 10.2 Å². The van der Waals surface area contributed by atoms with Gasteiger partial charge in [0.2, 0.25) is 5.39 Å². The summed E-state index contributed by atoms with van der Waals surface area (Å²) in [6, 6.07) is 13.1. The van der Waals surface area contributed by atoms with Crippen LogP contribution in [0.25, 0.3) is 4.98 Å². The van der Waals surface area contributed by atoms with Gasteiger partial charge in [0.15, 0.2) is 4.98 Å². The molecule has 4 heteroatoms. The molecule has 4 nitrogen and oxygen atoms in total. The molecule has 0 aliphatic rings. The zero-order chi connectivity index (χ0) is 13.0. The lowest BCUT2D eigenvalue weighted by Gasteiger charge is -1.96. The Morgan fingerprint density at radius 3 is 2.50 bits per heavy atom. The van der Waals surface area contributed by atoms with Crippen LogP contribution in [0.15, 0.2) is 52.7 Å². The van der Waals surface area contributed by atoms with Crippen molar-refractivity contribution >= 4 is 17.1 Å². The summed E-state index contributed by atoms with van der Waals surface area (Å²) in [6.45, 7) is 3.86. The van der Waals surface area contributed by atoms with Gasteiger partial charge in [-0.05, 0) is 37.6 Å². The Labute approximate surface area is 106 Å². The van der Waals surface area contributed by atoms with E-state index in [1.54, 1.807) is 12.1 Å². The van der Waals surface area contributed by atoms with Crippen LogP contribution in [-0.4, -0.2) is 0 Å². The van der Waals surface area contributed by atoms with Crippen LogP contribution in [0.1, 0.15) is 11.1 Å². The summed E-state index contributed by atoms with van der Waals surface area (Å²) in [5, 5.41) is 17.2. The number of hydrogen-bond donors (Lipinski definition) is 0. The standard InChI is InChI=1S/C14H13N4/c1-10-5-3-6-12(9-10)17-18-14-8-4-7-13(16-15)11(14)2/h3-9H,1-2H3/q+1. The third-order valence-electron chi connectivity index (χ3n) is 2.66. The van der Waals surface area contributed by atoms with Crippen LogP contribution in [-0.2, 0) is 0 Å². The van der Waals surface area contributed by atoms with E-state index in [0.29, 0.717) is 11.4 Å². The summed E-state index contributed by atoms with van der Waals surface area (Å²) in [6.07, 6.45) is 0. The van der Waals surface area contributed by atoms with Crippen LogP contribution in [0.3, 0.4) is 0 Å². The predicted molar refractivity (Wildman–Crippen MR) is 71.3 cm³/mol. The zero-order valence-electron chi connectivity index (χ0n) is 10.3. The highest BCUT2D eigenvalue weighted by atomic mass is 15.1. The second-order valence-electron chi connectivity index (χ2n) is 4.06. The van der Waals surface area contributed by atoms with Gasteiger partial charge in [0.1, 0.15) is 0 Å². The second-order valence-corrected chi connectivity index (χ2v) is 4.06. The molecule has 0 saturated heterocycles. The van der Waals surface area contributed by atoms with Crippen molar-refractivity contribution in [2.45, 2.75) is 13.8 Å². The summed E-state index contributed by atoms with van der Waals surface area (Å²) >= 11 is 0. The van der Waals surface area contributed by atoms with Crippen molar-refractivity contribution in [3.05, 3.63) is 58.6 Å². The Balaban J connectivity index is 2.33. The van der Waals surface area contributed by atoms with Gasteiger partial charge in [-0.2, -0.15) is 5.11 Å². The second kappa shape index (κ2) is 5.19. The summed E-state index contributed by atoms with van der Waals surface area (Å²) in [5.41, 5.74) is 3.96. The van der Waals surface area contributed by atoms with Crippen molar-refractivity contribution in [1.29, 1.82) is 5.39 Å². The van der Waals surface area contributed by atoms with Gasteiger partial charge in [-0.1, -0.05) is 18.2 Å². The molecule has 0 aliphatic heterocycles. The van der Waals surface area contributed by atoms with Crippen LogP contribution in [0.2, 0.25) is 0 Å². The molecular weight excluding hydrogens is 224 g/mol. The number of benzene rings is 2. The van der Waals surface area contributed by atoms with E-state index in [2.05, 4.69) is 15.2 Å². The third-order valence-corrected chi connectivity index (χ3v) is 2.66. The number of aryl methyl sites for hydroxylation is 1. The summed E-state index contributed by atoms with van der Waals surface area (Å²) in [4.78, 5) is 3.20. The van der Waals surface area contributed by atoms with Gasteiger partial charge >= 0.3 is 5.69 Å². The molecule has 18 heavy (non-hydrogen) atoms. The minimum absolute atomic E-state index is 0.510. The Hall–Kier alpha value is -2.54. The fourth-order valence-electron chi connectivity index (χ4n) is 1.63. The first kappa shape index (κ1) is 11.9. The largest absolute Gasteiger partial charge is 0.390 e. The van der Waals surface area contributed by atoms with Gasteiger partial charge in [0.25, 0.3) is 0 Å². The van der Waals surface area contributed by atoms with Crippen LogP contribution >= 0.6 is 0 Å². The van der Waals surface area contributed by atoms with Crippen molar-refractivity contribution in [1.82, 2.24) is 0 Å². The van der Waals surface area contributed by atoms with E-state index in [1.165, 1.54) is 0 Å². The lowest BCUT2D eigenvalue weighted by Crippen LogP contribution is -1.74.